The molecule has 1 unspecified atom stereocenters. The first-order valence-corrected chi connectivity index (χ1v) is 9.88. The number of aliphatic hydroxyl groups is 1. The van der Waals surface area contributed by atoms with Gasteiger partial charge in [-0.2, -0.15) is 18.3 Å². The van der Waals surface area contributed by atoms with Gasteiger partial charge in [0.05, 0.1) is 17.4 Å². The molecule has 0 aliphatic heterocycles. The summed E-state index contributed by atoms with van der Waals surface area (Å²) in [6.07, 6.45) is -3.67. The van der Waals surface area contributed by atoms with E-state index in [0.717, 1.165) is 12.1 Å². The van der Waals surface area contributed by atoms with E-state index in [-0.39, 0.29) is 11.5 Å². The van der Waals surface area contributed by atoms with Crippen molar-refractivity contribution < 1.29 is 27.5 Å². The molecule has 0 spiro atoms. The van der Waals surface area contributed by atoms with Gasteiger partial charge in [-0.1, -0.05) is 18.2 Å². The van der Waals surface area contributed by atoms with E-state index in [1.165, 1.54) is 84.5 Å². The van der Waals surface area contributed by atoms with Crippen molar-refractivity contribution in [2.24, 2.45) is 0 Å². The average molecular weight is 457 g/mol. The van der Waals surface area contributed by atoms with E-state index in [0.29, 0.717) is 16.6 Å². The Hall–Kier alpha value is -3.72. The molecule has 0 bridgehead atoms. The van der Waals surface area contributed by atoms with Gasteiger partial charge in [-0.05, 0) is 59.7 Å². The van der Waals surface area contributed by atoms with Crippen molar-refractivity contribution in [3.05, 3.63) is 95.4 Å². The minimum absolute atomic E-state index is 0.198. The van der Waals surface area contributed by atoms with Crippen LogP contribution < -0.4 is 0 Å². The van der Waals surface area contributed by atoms with Gasteiger partial charge in [0.1, 0.15) is 5.82 Å². The van der Waals surface area contributed by atoms with Gasteiger partial charge in [-0.3, -0.25) is 4.79 Å². The van der Waals surface area contributed by atoms with Gasteiger partial charge in [0.2, 0.25) is 5.60 Å². The van der Waals surface area contributed by atoms with Gasteiger partial charge in [0.15, 0.2) is 0 Å². The molecule has 1 aromatic heterocycles. The van der Waals surface area contributed by atoms with E-state index in [2.05, 4.69) is 5.10 Å². The summed E-state index contributed by atoms with van der Waals surface area (Å²) in [5, 5.41) is 15.5. The van der Waals surface area contributed by atoms with Crippen LogP contribution in [0.1, 0.15) is 21.5 Å². The summed E-state index contributed by atoms with van der Waals surface area (Å²) >= 11 is 0. The monoisotopic (exact) mass is 457 g/mol. The van der Waals surface area contributed by atoms with Crippen molar-refractivity contribution in [2.45, 2.75) is 11.8 Å². The zero-order chi connectivity index (χ0) is 24.0. The van der Waals surface area contributed by atoms with Crippen molar-refractivity contribution in [2.75, 3.05) is 14.1 Å². The van der Waals surface area contributed by atoms with Crippen LogP contribution in [0.3, 0.4) is 0 Å². The number of aromatic nitrogens is 2. The standard InChI is InChI=1S/C24H19F4N3O2/c1-30(2)22(32)15-3-5-17(6-4-15)23(33,24(26,27)28)18-7-12-21-16(13-18)14-29-31(21)20-10-8-19(25)9-11-20/h3-14,33H,1-2H3. The maximum Gasteiger partial charge on any atom is 0.425 e. The van der Waals surface area contributed by atoms with Crippen LogP contribution in [0.25, 0.3) is 16.6 Å². The van der Waals surface area contributed by atoms with Crippen LogP contribution >= 0.6 is 0 Å². The summed E-state index contributed by atoms with van der Waals surface area (Å²) in [5.74, 6) is -0.794. The summed E-state index contributed by atoms with van der Waals surface area (Å²) < 4.78 is 57.3. The number of rotatable bonds is 4. The highest BCUT2D eigenvalue weighted by molar-refractivity contribution is 5.93. The highest BCUT2D eigenvalue weighted by atomic mass is 19.4. The zero-order valence-corrected chi connectivity index (χ0v) is 17.6. The van der Waals surface area contributed by atoms with Crippen molar-refractivity contribution in [1.29, 1.82) is 0 Å². The normalized spacial score (nSPS) is 13.7. The number of fused-ring (bicyclic) bond motifs is 1. The maximum atomic E-state index is 14.2. The molecule has 0 saturated heterocycles. The largest absolute Gasteiger partial charge is 0.425 e. The van der Waals surface area contributed by atoms with Crippen molar-refractivity contribution in [1.82, 2.24) is 14.7 Å². The van der Waals surface area contributed by atoms with Crippen LogP contribution in [0.2, 0.25) is 0 Å². The lowest BCUT2D eigenvalue weighted by molar-refractivity contribution is -0.248. The Bertz CT molecular complexity index is 1310. The fraction of sp³-hybridized carbons (Fsp3) is 0.167. The molecule has 1 amide bonds. The Morgan fingerprint density at radius 2 is 1.55 bits per heavy atom. The van der Waals surface area contributed by atoms with Crippen LogP contribution in [0.4, 0.5) is 17.6 Å². The van der Waals surface area contributed by atoms with Gasteiger partial charge < -0.3 is 10.0 Å². The molecule has 170 valence electrons. The van der Waals surface area contributed by atoms with Crippen LogP contribution in [-0.4, -0.2) is 46.0 Å². The summed E-state index contributed by atoms with van der Waals surface area (Å²) in [6, 6.07) is 14.0. The molecule has 3 aromatic carbocycles. The Labute approximate surface area is 186 Å². The summed E-state index contributed by atoms with van der Waals surface area (Å²) in [7, 11) is 3.06. The van der Waals surface area contributed by atoms with E-state index >= 15 is 0 Å². The fourth-order valence-electron chi connectivity index (χ4n) is 3.65. The number of carbonyl (C=O) groups excluding carboxylic acids is 1. The smallest absolute Gasteiger partial charge is 0.372 e. The molecule has 4 aromatic rings. The van der Waals surface area contributed by atoms with Crippen LogP contribution in [0.15, 0.2) is 72.9 Å². The SMILES string of the molecule is CN(C)C(=O)c1ccc(C(O)(c2ccc3c(cnn3-c3ccc(F)cc3)c2)C(F)(F)F)cc1. The van der Waals surface area contributed by atoms with E-state index in [1.54, 1.807) is 0 Å². The molecule has 5 nitrogen and oxygen atoms in total. The quantitative estimate of drug-likeness (QED) is 0.454. The molecular weight excluding hydrogens is 438 g/mol. The third-order valence-corrected chi connectivity index (χ3v) is 5.42. The molecule has 0 aliphatic rings. The number of carbonyl (C=O) groups is 1. The highest BCUT2D eigenvalue weighted by Gasteiger charge is 2.56. The lowest BCUT2D eigenvalue weighted by atomic mass is 9.84. The summed E-state index contributed by atoms with van der Waals surface area (Å²) in [6.45, 7) is 0. The summed E-state index contributed by atoms with van der Waals surface area (Å²) in [5.41, 5.74) is -2.90. The summed E-state index contributed by atoms with van der Waals surface area (Å²) in [4.78, 5) is 13.4. The molecule has 1 heterocycles. The number of amides is 1. The fourth-order valence-corrected chi connectivity index (χ4v) is 3.65. The maximum absolute atomic E-state index is 14.2. The number of hydrogen-bond acceptors (Lipinski definition) is 3. The first-order chi connectivity index (χ1) is 15.5. The Morgan fingerprint density at radius 3 is 2.12 bits per heavy atom. The zero-order valence-electron chi connectivity index (χ0n) is 17.6. The van der Waals surface area contributed by atoms with Gasteiger partial charge in [0.25, 0.3) is 5.91 Å². The topological polar surface area (TPSA) is 58.4 Å². The number of halogens is 4. The second-order valence-electron chi connectivity index (χ2n) is 7.79. The molecule has 9 heteroatoms. The third kappa shape index (κ3) is 3.84. The van der Waals surface area contributed by atoms with Crippen LogP contribution in [-0.2, 0) is 5.60 Å². The molecule has 0 aliphatic carbocycles. The molecule has 0 radical (unpaired) electrons. The average Bonchev–Trinajstić information content (AvgIpc) is 3.21. The molecule has 33 heavy (non-hydrogen) atoms. The third-order valence-electron chi connectivity index (χ3n) is 5.42. The number of nitrogens with zero attached hydrogens (tertiary/aromatic N) is 3. The first-order valence-electron chi connectivity index (χ1n) is 9.88. The second kappa shape index (κ2) is 8.00. The van der Waals surface area contributed by atoms with Gasteiger partial charge in [0, 0.05) is 25.0 Å². The number of alkyl halides is 3. The van der Waals surface area contributed by atoms with E-state index in [4.69, 9.17) is 0 Å². The predicted octanol–water partition coefficient (Wildman–Crippen LogP) is 4.66. The minimum Gasteiger partial charge on any atom is -0.372 e. The van der Waals surface area contributed by atoms with Crippen LogP contribution in [0.5, 0.6) is 0 Å². The van der Waals surface area contributed by atoms with Gasteiger partial charge in [-0.25, -0.2) is 9.07 Å². The molecule has 1 N–H and O–H groups in total. The van der Waals surface area contributed by atoms with E-state index < -0.39 is 28.7 Å². The molecule has 4 rings (SSSR count). The van der Waals surface area contributed by atoms with Crippen molar-refractivity contribution in [3.63, 3.8) is 0 Å². The van der Waals surface area contributed by atoms with E-state index in [9.17, 15) is 27.5 Å². The molecular formula is C24H19F4N3O2. The van der Waals surface area contributed by atoms with E-state index in [1.807, 2.05) is 0 Å². The Balaban J connectivity index is 1.80. The van der Waals surface area contributed by atoms with Crippen molar-refractivity contribution >= 4 is 16.8 Å². The van der Waals surface area contributed by atoms with Crippen LogP contribution in [0, 0.1) is 5.82 Å². The number of hydrogen-bond donors (Lipinski definition) is 1. The number of benzene rings is 3. The van der Waals surface area contributed by atoms with Gasteiger partial charge in [-0.15, -0.1) is 0 Å². The van der Waals surface area contributed by atoms with Gasteiger partial charge >= 0.3 is 6.18 Å². The Morgan fingerprint density at radius 1 is 0.939 bits per heavy atom. The molecule has 1 atom stereocenters. The lowest BCUT2D eigenvalue weighted by Crippen LogP contribution is -2.43. The Kier molecular flexibility index (Phi) is 5.45. The highest BCUT2D eigenvalue weighted by Crippen LogP contribution is 2.45. The predicted molar refractivity (Wildman–Crippen MR) is 115 cm³/mol. The molecule has 0 fully saturated rings. The minimum atomic E-state index is -5.04. The molecule has 0 saturated carbocycles. The second-order valence-corrected chi connectivity index (χ2v) is 7.79. The lowest BCUT2D eigenvalue weighted by Gasteiger charge is -2.31. The first kappa shape index (κ1) is 22.5. The van der Waals surface area contributed by atoms with Crippen molar-refractivity contribution in [3.8, 4) is 5.69 Å².